The molecule has 26 heavy (non-hydrogen) atoms. The monoisotopic (exact) mass is 350 g/mol. The number of anilines is 2. The maximum Gasteiger partial charge on any atom is 0.221 e. The lowest BCUT2D eigenvalue weighted by molar-refractivity contribution is -0.114. The zero-order valence-corrected chi connectivity index (χ0v) is 15.0. The number of amides is 1. The third-order valence-electron chi connectivity index (χ3n) is 4.69. The van der Waals surface area contributed by atoms with E-state index in [-0.39, 0.29) is 5.91 Å². The number of hydrogen-bond donors (Lipinski definition) is 1. The Morgan fingerprint density at radius 1 is 1.15 bits per heavy atom. The number of benzene rings is 1. The van der Waals surface area contributed by atoms with Crippen LogP contribution in [0.5, 0.6) is 0 Å². The van der Waals surface area contributed by atoms with Crippen molar-refractivity contribution in [2.75, 3.05) is 43.4 Å². The molecule has 1 aromatic carbocycles. The van der Waals surface area contributed by atoms with Crippen LogP contribution in [0.4, 0.5) is 11.5 Å². The van der Waals surface area contributed by atoms with Crippen LogP contribution in [0.2, 0.25) is 0 Å². The molecule has 0 unspecified atom stereocenters. The maximum absolute atomic E-state index is 11.3. The predicted octanol–water partition coefficient (Wildman–Crippen LogP) is 2.11. The second kappa shape index (κ2) is 6.76. The summed E-state index contributed by atoms with van der Waals surface area (Å²) >= 11 is 0. The van der Waals surface area contributed by atoms with Gasteiger partial charge in [-0.05, 0) is 19.2 Å². The number of hydrogen-bond acceptors (Lipinski definition) is 5. The van der Waals surface area contributed by atoms with E-state index in [1.807, 2.05) is 36.7 Å². The van der Waals surface area contributed by atoms with Crippen LogP contribution < -0.4 is 10.2 Å². The van der Waals surface area contributed by atoms with Crippen LogP contribution in [0.15, 0.2) is 42.9 Å². The van der Waals surface area contributed by atoms with Crippen LogP contribution in [0.3, 0.4) is 0 Å². The average Bonchev–Trinajstić information content (AvgIpc) is 3.11. The molecular formula is C19H22N6O. The molecule has 3 aromatic rings. The highest BCUT2D eigenvalue weighted by Crippen LogP contribution is 2.27. The van der Waals surface area contributed by atoms with E-state index < -0.39 is 0 Å². The largest absolute Gasteiger partial charge is 0.351 e. The van der Waals surface area contributed by atoms with Gasteiger partial charge < -0.3 is 15.1 Å². The molecule has 0 radical (unpaired) electrons. The Kier molecular flexibility index (Phi) is 4.30. The van der Waals surface area contributed by atoms with E-state index in [0.717, 1.165) is 54.6 Å². The Labute approximate surface area is 152 Å². The summed E-state index contributed by atoms with van der Waals surface area (Å²) in [6, 6.07) is 7.77. The number of carbonyl (C=O) groups is 1. The number of piperazine rings is 1. The SMILES string of the molecule is CC(=O)Nc1cccc(-c2cnc(N3CCN(C)CC3)c3nccn23)c1. The average molecular weight is 350 g/mol. The van der Waals surface area contributed by atoms with Gasteiger partial charge in [0.25, 0.3) is 0 Å². The van der Waals surface area contributed by atoms with Gasteiger partial charge in [0, 0.05) is 56.7 Å². The van der Waals surface area contributed by atoms with Crippen molar-refractivity contribution >= 4 is 23.1 Å². The summed E-state index contributed by atoms with van der Waals surface area (Å²) in [6.07, 6.45) is 5.64. The molecule has 7 nitrogen and oxygen atoms in total. The Balaban J connectivity index is 1.73. The van der Waals surface area contributed by atoms with Gasteiger partial charge in [0.15, 0.2) is 11.5 Å². The van der Waals surface area contributed by atoms with Gasteiger partial charge in [-0.15, -0.1) is 0 Å². The van der Waals surface area contributed by atoms with Gasteiger partial charge in [-0.2, -0.15) is 0 Å². The summed E-state index contributed by atoms with van der Waals surface area (Å²) in [5, 5.41) is 2.83. The van der Waals surface area contributed by atoms with Crippen molar-refractivity contribution < 1.29 is 4.79 Å². The molecule has 2 aromatic heterocycles. The molecule has 0 saturated carbocycles. The van der Waals surface area contributed by atoms with E-state index in [4.69, 9.17) is 4.98 Å². The number of likely N-dealkylation sites (N-methyl/N-ethyl adjacent to an activating group) is 1. The topological polar surface area (TPSA) is 65.8 Å². The number of fused-ring (bicyclic) bond motifs is 1. The first-order valence-corrected chi connectivity index (χ1v) is 8.75. The molecule has 1 aliphatic rings. The highest BCUT2D eigenvalue weighted by Gasteiger charge is 2.20. The second-order valence-electron chi connectivity index (χ2n) is 6.64. The highest BCUT2D eigenvalue weighted by atomic mass is 16.1. The van der Waals surface area contributed by atoms with Crippen molar-refractivity contribution in [2.24, 2.45) is 0 Å². The fourth-order valence-electron chi connectivity index (χ4n) is 3.32. The molecule has 1 saturated heterocycles. The van der Waals surface area contributed by atoms with E-state index >= 15 is 0 Å². The zero-order valence-electron chi connectivity index (χ0n) is 15.0. The summed E-state index contributed by atoms with van der Waals surface area (Å²) in [5.74, 6) is 0.836. The van der Waals surface area contributed by atoms with E-state index in [0.29, 0.717) is 0 Å². The fourth-order valence-corrected chi connectivity index (χ4v) is 3.32. The van der Waals surface area contributed by atoms with E-state index in [1.54, 1.807) is 6.20 Å². The van der Waals surface area contributed by atoms with Crippen LogP contribution in [0.25, 0.3) is 16.9 Å². The summed E-state index contributed by atoms with van der Waals surface area (Å²) in [5.41, 5.74) is 3.56. The number of imidazole rings is 1. The molecule has 0 spiro atoms. The minimum absolute atomic E-state index is 0.0848. The van der Waals surface area contributed by atoms with Crippen LogP contribution in [-0.2, 0) is 4.79 Å². The standard InChI is InChI=1S/C19H22N6O/c1-14(26)22-16-5-3-4-15(12-16)17-13-21-18(19-20-6-7-25(17)19)24-10-8-23(2)9-11-24/h3-7,12-13H,8-11H2,1-2H3,(H,22,26). The van der Waals surface area contributed by atoms with Crippen molar-refractivity contribution in [3.05, 3.63) is 42.9 Å². The van der Waals surface area contributed by atoms with Gasteiger partial charge in [0.05, 0.1) is 11.9 Å². The molecule has 0 aliphatic carbocycles. The van der Waals surface area contributed by atoms with Gasteiger partial charge in [0.1, 0.15) is 0 Å². The number of carbonyl (C=O) groups excluding carboxylic acids is 1. The third kappa shape index (κ3) is 3.13. The van der Waals surface area contributed by atoms with E-state index in [2.05, 4.69) is 31.5 Å². The lowest BCUT2D eigenvalue weighted by Crippen LogP contribution is -2.45. The quantitative estimate of drug-likeness (QED) is 0.784. The first kappa shape index (κ1) is 16.5. The summed E-state index contributed by atoms with van der Waals surface area (Å²) in [7, 11) is 2.14. The Hall–Kier alpha value is -2.93. The molecule has 1 aliphatic heterocycles. The smallest absolute Gasteiger partial charge is 0.221 e. The first-order chi connectivity index (χ1) is 12.6. The normalized spacial score (nSPS) is 15.4. The molecule has 1 amide bonds. The van der Waals surface area contributed by atoms with Crippen LogP contribution in [0, 0.1) is 0 Å². The number of nitrogens with one attached hydrogen (secondary N) is 1. The summed E-state index contributed by atoms with van der Waals surface area (Å²) in [6.45, 7) is 5.45. The third-order valence-corrected chi connectivity index (χ3v) is 4.69. The molecular weight excluding hydrogens is 328 g/mol. The lowest BCUT2D eigenvalue weighted by atomic mass is 10.1. The van der Waals surface area contributed by atoms with Crippen molar-refractivity contribution in [1.82, 2.24) is 19.3 Å². The molecule has 134 valence electrons. The molecule has 7 heteroatoms. The molecule has 0 atom stereocenters. The van der Waals surface area contributed by atoms with Gasteiger partial charge in [-0.1, -0.05) is 12.1 Å². The predicted molar refractivity (Wildman–Crippen MR) is 102 cm³/mol. The van der Waals surface area contributed by atoms with Gasteiger partial charge >= 0.3 is 0 Å². The molecule has 1 N–H and O–H groups in total. The lowest BCUT2D eigenvalue weighted by Gasteiger charge is -2.33. The first-order valence-electron chi connectivity index (χ1n) is 8.75. The molecule has 3 heterocycles. The van der Waals surface area contributed by atoms with Crippen molar-refractivity contribution in [1.29, 1.82) is 0 Å². The molecule has 4 rings (SSSR count). The Morgan fingerprint density at radius 2 is 1.96 bits per heavy atom. The molecule has 0 bridgehead atoms. The van der Waals surface area contributed by atoms with Crippen LogP contribution in [0.1, 0.15) is 6.92 Å². The number of aromatic nitrogens is 3. The van der Waals surface area contributed by atoms with E-state index in [1.165, 1.54) is 6.92 Å². The summed E-state index contributed by atoms with van der Waals surface area (Å²) in [4.78, 5) is 25.2. The summed E-state index contributed by atoms with van der Waals surface area (Å²) < 4.78 is 2.06. The second-order valence-corrected chi connectivity index (χ2v) is 6.64. The minimum atomic E-state index is -0.0848. The Bertz CT molecular complexity index is 942. The van der Waals surface area contributed by atoms with Gasteiger partial charge in [-0.3, -0.25) is 9.20 Å². The van der Waals surface area contributed by atoms with Gasteiger partial charge in [-0.25, -0.2) is 9.97 Å². The maximum atomic E-state index is 11.3. The van der Waals surface area contributed by atoms with Crippen LogP contribution in [-0.4, -0.2) is 58.4 Å². The number of nitrogens with zero attached hydrogens (tertiary/aromatic N) is 5. The number of rotatable bonds is 3. The molecule has 1 fully saturated rings. The minimum Gasteiger partial charge on any atom is -0.351 e. The van der Waals surface area contributed by atoms with Crippen molar-refractivity contribution in [3.63, 3.8) is 0 Å². The van der Waals surface area contributed by atoms with Crippen LogP contribution >= 0.6 is 0 Å². The van der Waals surface area contributed by atoms with Gasteiger partial charge in [0.2, 0.25) is 5.91 Å². The van der Waals surface area contributed by atoms with Crippen molar-refractivity contribution in [2.45, 2.75) is 6.92 Å². The zero-order chi connectivity index (χ0) is 18.1. The van der Waals surface area contributed by atoms with E-state index in [9.17, 15) is 4.79 Å². The van der Waals surface area contributed by atoms with Crippen molar-refractivity contribution in [3.8, 4) is 11.3 Å². The highest BCUT2D eigenvalue weighted by molar-refractivity contribution is 5.89. The Morgan fingerprint density at radius 3 is 2.73 bits per heavy atom. The fraction of sp³-hybridized carbons (Fsp3) is 0.316.